The maximum Gasteiger partial charge on any atom is 0.335 e. The van der Waals surface area contributed by atoms with Gasteiger partial charge in [-0.1, -0.05) is 5.10 Å². The molecule has 0 amide bonds. The first-order valence-electron chi connectivity index (χ1n) is 2.79. The third kappa shape index (κ3) is 1.38. The van der Waals surface area contributed by atoms with E-state index in [-0.39, 0.29) is 6.01 Å². The van der Waals surface area contributed by atoms with Crippen LogP contribution in [-0.2, 0) is 6.54 Å². The standard InChI is InChI=1S/C5H8N4O/c1-10-5-7-3-4(2-6)8-9-5/h3H,2,6H2,1H3. The summed E-state index contributed by atoms with van der Waals surface area (Å²) in [6.45, 7) is 0.351. The van der Waals surface area contributed by atoms with E-state index in [9.17, 15) is 0 Å². The molecule has 1 heterocycles. The van der Waals surface area contributed by atoms with Crippen molar-refractivity contribution >= 4 is 0 Å². The SMILES string of the molecule is COc1ncc(CN)nn1. The molecular weight excluding hydrogens is 132 g/mol. The van der Waals surface area contributed by atoms with Crippen LogP contribution in [0.5, 0.6) is 6.01 Å². The van der Waals surface area contributed by atoms with Crippen LogP contribution in [0.15, 0.2) is 6.20 Å². The predicted molar refractivity (Wildman–Crippen MR) is 34.3 cm³/mol. The first-order chi connectivity index (χ1) is 4.86. The molecule has 0 atom stereocenters. The Hall–Kier alpha value is -1.23. The van der Waals surface area contributed by atoms with Crippen molar-refractivity contribution in [3.8, 4) is 6.01 Å². The lowest BCUT2D eigenvalue weighted by atomic mass is 10.5. The van der Waals surface area contributed by atoms with Crippen LogP contribution in [0.1, 0.15) is 5.69 Å². The van der Waals surface area contributed by atoms with E-state index >= 15 is 0 Å². The molecule has 1 aromatic rings. The van der Waals surface area contributed by atoms with Crippen molar-refractivity contribution in [2.75, 3.05) is 7.11 Å². The molecule has 0 aromatic carbocycles. The molecule has 5 nitrogen and oxygen atoms in total. The highest BCUT2D eigenvalue weighted by atomic mass is 16.5. The molecule has 0 saturated carbocycles. The lowest BCUT2D eigenvalue weighted by Crippen LogP contribution is -2.03. The molecule has 0 aliphatic heterocycles. The fraction of sp³-hybridized carbons (Fsp3) is 0.400. The first-order valence-corrected chi connectivity index (χ1v) is 2.79. The van der Waals surface area contributed by atoms with Gasteiger partial charge in [0.25, 0.3) is 0 Å². The second-order valence-electron chi connectivity index (χ2n) is 1.64. The molecule has 0 aliphatic carbocycles. The van der Waals surface area contributed by atoms with Gasteiger partial charge in [0, 0.05) is 6.54 Å². The van der Waals surface area contributed by atoms with Gasteiger partial charge in [0.1, 0.15) is 0 Å². The summed E-state index contributed by atoms with van der Waals surface area (Å²) in [7, 11) is 1.49. The van der Waals surface area contributed by atoms with Crippen LogP contribution in [0.2, 0.25) is 0 Å². The molecule has 0 saturated heterocycles. The first kappa shape index (κ1) is 6.88. The van der Waals surface area contributed by atoms with E-state index in [4.69, 9.17) is 5.73 Å². The summed E-state index contributed by atoms with van der Waals surface area (Å²) in [4.78, 5) is 3.79. The molecule has 5 heteroatoms. The van der Waals surface area contributed by atoms with Crippen LogP contribution >= 0.6 is 0 Å². The Morgan fingerprint density at radius 2 is 2.40 bits per heavy atom. The van der Waals surface area contributed by atoms with Crippen LogP contribution in [0.4, 0.5) is 0 Å². The molecule has 1 rings (SSSR count). The third-order valence-electron chi connectivity index (χ3n) is 0.980. The molecule has 1 aromatic heterocycles. The summed E-state index contributed by atoms with van der Waals surface area (Å²) in [6.07, 6.45) is 1.53. The topological polar surface area (TPSA) is 73.9 Å². The average molecular weight is 140 g/mol. The third-order valence-corrected chi connectivity index (χ3v) is 0.980. The minimum Gasteiger partial charge on any atom is -0.466 e. The van der Waals surface area contributed by atoms with Gasteiger partial charge in [-0.3, -0.25) is 0 Å². The molecule has 0 aliphatic rings. The quantitative estimate of drug-likeness (QED) is 0.590. The molecule has 54 valence electrons. The van der Waals surface area contributed by atoms with Crippen molar-refractivity contribution in [3.63, 3.8) is 0 Å². The Kier molecular flexibility index (Phi) is 2.11. The molecule has 0 unspecified atom stereocenters. The highest BCUT2D eigenvalue weighted by Gasteiger charge is 1.94. The van der Waals surface area contributed by atoms with Crippen LogP contribution < -0.4 is 10.5 Å². The molecule has 10 heavy (non-hydrogen) atoms. The van der Waals surface area contributed by atoms with Crippen LogP contribution in [0.25, 0.3) is 0 Å². The minimum absolute atomic E-state index is 0.261. The molecule has 0 bridgehead atoms. The van der Waals surface area contributed by atoms with Crippen molar-refractivity contribution < 1.29 is 4.74 Å². The van der Waals surface area contributed by atoms with E-state index in [1.54, 1.807) is 0 Å². The average Bonchev–Trinajstić information content (AvgIpc) is 2.05. The van der Waals surface area contributed by atoms with Gasteiger partial charge in [-0.15, -0.1) is 5.10 Å². The summed E-state index contributed by atoms with van der Waals surface area (Å²) in [5.41, 5.74) is 5.91. The zero-order valence-electron chi connectivity index (χ0n) is 5.61. The van der Waals surface area contributed by atoms with Crippen molar-refractivity contribution in [2.45, 2.75) is 6.54 Å². The monoisotopic (exact) mass is 140 g/mol. The second kappa shape index (κ2) is 3.07. The van der Waals surface area contributed by atoms with Gasteiger partial charge in [0.05, 0.1) is 19.0 Å². The Bertz CT molecular complexity index is 174. The van der Waals surface area contributed by atoms with Crippen LogP contribution in [-0.4, -0.2) is 22.3 Å². The van der Waals surface area contributed by atoms with Gasteiger partial charge in [-0.2, -0.15) is 0 Å². The molecule has 0 fully saturated rings. The van der Waals surface area contributed by atoms with Crippen molar-refractivity contribution in [1.82, 2.24) is 15.2 Å². The zero-order valence-corrected chi connectivity index (χ0v) is 5.61. The van der Waals surface area contributed by atoms with Crippen molar-refractivity contribution in [2.24, 2.45) is 5.73 Å². The summed E-state index contributed by atoms with van der Waals surface area (Å²) in [5.74, 6) is 0. The van der Waals surface area contributed by atoms with Crippen LogP contribution in [0.3, 0.4) is 0 Å². The number of methoxy groups -OCH3 is 1. The Morgan fingerprint density at radius 1 is 1.60 bits per heavy atom. The summed E-state index contributed by atoms with van der Waals surface area (Å²) < 4.78 is 4.69. The number of nitrogens with two attached hydrogens (primary N) is 1. The fourth-order valence-corrected chi connectivity index (χ4v) is 0.475. The van der Waals surface area contributed by atoms with Crippen LogP contribution in [0, 0.1) is 0 Å². The van der Waals surface area contributed by atoms with E-state index in [1.165, 1.54) is 13.3 Å². The predicted octanol–water partition coefficient (Wildman–Crippen LogP) is -0.661. The molecule has 0 spiro atoms. The number of hydrogen-bond acceptors (Lipinski definition) is 5. The number of rotatable bonds is 2. The van der Waals surface area contributed by atoms with Crippen molar-refractivity contribution in [1.29, 1.82) is 0 Å². The molecular formula is C5H8N4O. The highest BCUT2D eigenvalue weighted by Crippen LogP contribution is 1.95. The van der Waals surface area contributed by atoms with E-state index in [0.717, 1.165) is 0 Å². The smallest absolute Gasteiger partial charge is 0.335 e. The highest BCUT2D eigenvalue weighted by molar-refractivity contribution is 4.96. The Morgan fingerprint density at radius 3 is 2.80 bits per heavy atom. The Balaban J connectivity index is 2.80. The minimum atomic E-state index is 0.261. The van der Waals surface area contributed by atoms with E-state index in [2.05, 4.69) is 19.9 Å². The normalized spacial score (nSPS) is 9.40. The van der Waals surface area contributed by atoms with Gasteiger partial charge in [-0.05, 0) is 0 Å². The van der Waals surface area contributed by atoms with Gasteiger partial charge >= 0.3 is 6.01 Å². The zero-order chi connectivity index (χ0) is 7.40. The maximum absolute atomic E-state index is 5.26. The summed E-state index contributed by atoms with van der Waals surface area (Å²) in [6, 6.07) is 0.261. The van der Waals surface area contributed by atoms with Gasteiger partial charge < -0.3 is 10.5 Å². The number of hydrogen-bond donors (Lipinski definition) is 1. The fourth-order valence-electron chi connectivity index (χ4n) is 0.475. The maximum atomic E-state index is 5.26. The van der Waals surface area contributed by atoms with E-state index in [1.807, 2.05) is 0 Å². The van der Waals surface area contributed by atoms with Gasteiger partial charge in [0.15, 0.2) is 0 Å². The summed E-state index contributed by atoms with van der Waals surface area (Å²) in [5, 5.41) is 7.31. The summed E-state index contributed by atoms with van der Waals surface area (Å²) >= 11 is 0. The van der Waals surface area contributed by atoms with E-state index in [0.29, 0.717) is 12.2 Å². The number of nitrogens with zero attached hydrogens (tertiary/aromatic N) is 3. The lowest BCUT2D eigenvalue weighted by molar-refractivity contribution is 0.372. The molecule has 2 N–H and O–H groups in total. The van der Waals surface area contributed by atoms with Crippen molar-refractivity contribution in [3.05, 3.63) is 11.9 Å². The largest absolute Gasteiger partial charge is 0.466 e. The lowest BCUT2D eigenvalue weighted by Gasteiger charge is -1.95. The number of ether oxygens (including phenoxy) is 1. The van der Waals surface area contributed by atoms with Gasteiger partial charge in [-0.25, -0.2) is 4.98 Å². The van der Waals surface area contributed by atoms with Gasteiger partial charge in [0.2, 0.25) is 0 Å². The Labute approximate surface area is 58.2 Å². The van der Waals surface area contributed by atoms with E-state index < -0.39 is 0 Å². The second-order valence-corrected chi connectivity index (χ2v) is 1.64. The molecule has 0 radical (unpaired) electrons. The number of aromatic nitrogens is 3.